The van der Waals surface area contributed by atoms with Gasteiger partial charge < -0.3 is 9.88 Å². The van der Waals surface area contributed by atoms with E-state index in [9.17, 15) is 0 Å². The minimum atomic E-state index is 0.505. The van der Waals surface area contributed by atoms with Crippen molar-refractivity contribution < 1.29 is 0 Å². The summed E-state index contributed by atoms with van der Waals surface area (Å²) in [6, 6.07) is 3.30. The second-order valence-corrected chi connectivity index (χ2v) is 6.52. The van der Waals surface area contributed by atoms with Gasteiger partial charge in [-0.3, -0.25) is 4.57 Å². The van der Waals surface area contributed by atoms with Crippen LogP contribution in [0.25, 0.3) is 11.2 Å². The lowest BCUT2D eigenvalue weighted by atomic mass is 9.97. The molecule has 2 saturated heterocycles. The maximum atomic E-state index is 5.57. The Morgan fingerprint density at radius 3 is 3.10 bits per heavy atom. The van der Waals surface area contributed by atoms with Crippen molar-refractivity contribution in [2.24, 2.45) is 0 Å². The molecule has 0 radical (unpaired) electrons. The summed E-state index contributed by atoms with van der Waals surface area (Å²) in [7, 11) is 0. The number of nitrogens with zero attached hydrogens (tertiary/aromatic N) is 3. The smallest absolute Gasteiger partial charge is 0.179 e. The Kier molecular flexibility index (Phi) is 2.93. The molecule has 0 spiro atoms. The maximum Gasteiger partial charge on any atom is 0.179 e. The van der Waals surface area contributed by atoms with Crippen LogP contribution in [0.3, 0.4) is 0 Å². The molecular formula is C15H20N4S. The molecule has 0 saturated carbocycles. The summed E-state index contributed by atoms with van der Waals surface area (Å²) in [5.74, 6) is 0. The molecular weight excluding hydrogens is 268 g/mol. The van der Waals surface area contributed by atoms with Gasteiger partial charge in [0.2, 0.25) is 0 Å². The number of piperidine rings is 1. The average Bonchev–Trinajstić information content (AvgIpc) is 3.02. The fourth-order valence-electron chi connectivity index (χ4n) is 3.92. The number of fused-ring (bicyclic) bond motifs is 2. The van der Waals surface area contributed by atoms with Crippen LogP contribution in [0.4, 0.5) is 0 Å². The van der Waals surface area contributed by atoms with E-state index in [1.165, 1.54) is 44.3 Å². The third-order valence-electron chi connectivity index (χ3n) is 4.98. The Hall–Kier alpha value is -1.20. The topological polar surface area (TPSA) is 36.9 Å². The summed E-state index contributed by atoms with van der Waals surface area (Å²) < 4.78 is 3.10. The van der Waals surface area contributed by atoms with Crippen LogP contribution in [0.2, 0.25) is 0 Å². The minimum Gasteiger partial charge on any atom is -0.329 e. The molecule has 5 heteroatoms. The standard InChI is InChI=1S/C15H20N4S/c1-10-4-6-16-14-13(10)17-15(20)19(14)12-5-8-18-7-2-3-11(18)9-12/h4,6,11-12H,2-3,5,7-9H2,1H3,(H,17,20). The van der Waals surface area contributed by atoms with Gasteiger partial charge in [0, 0.05) is 24.8 Å². The number of imidazole rings is 1. The molecule has 4 rings (SSSR count). The van der Waals surface area contributed by atoms with E-state index < -0.39 is 0 Å². The molecule has 1 N–H and O–H groups in total. The van der Waals surface area contributed by atoms with Crippen LogP contribution in [-0.4, -0.2) is 38.6 Å². The van der Waals surface area contributed by atoms with Crippen LogP contribution in [0, 0.1) is 11.7 Å². The molecule has 2 aromatic heterocycles. The van der Waals surface area contributed by atoms with Crippen molar-refractivity contribution in [1.29, 1.82) is 0 Å². The summed E-state index contributed by atoms with van der Waals surface area (Å²) >= 11 is 5.57. The van der Waals surface area contributed by atoms with E-state index in [4.69, 9.17) is 12.2 Å². The van der Waals surface area contributed by atoms with Crippen molar-refractivity contribution in [3.63, 3.8) is 0 Å². The second kappa shape index (κ2) is 4.67. The highest BCUT2D eigenvalue weighted by Crippen LogP contribution is 2.34. The number of nitrogens with one attached hydrogen (secondary N) is 1. The minimum absolute atomic E-state index is 0.505. The number of hydrogen-bond donors (Lipinski definition) is 1. The fraction of sp³-hybridized carbons (Fsp3) is 0.600. The number of aromatic nitrogens is 3. The fourth-order valence-corrected chi connectivity index (χ4v) is 4.26. The van der Waals surface area contributed by atoms with Crippen molar-refractivity contribution in [2.75, 3.05) is 13.1 Å². The van der Waals surface area contributed by atoms with Crippen molar-refractivity contribution >= 4 is 23.4 Å². The van der Waals surface area contributed by atoms with E-state index >= 15 is 0 Å². The van der Waals surface area contributed by atoms with Crippen LogP contribution in [-0.2, 0) is 0 Å². The largest absolute Gasteiger partial charge is 0.329 e. The van der Waals surface area contributed by atoms with Crippen molar-refractivity contribution in [3.8, 4) is 0 Å². The number of pyridine rings is 1. The number of H-pyrrole nitrogens is 1. The molecule has 2 fully saturated rings. The molecule has 4 nitrogen and oxygen atoms in total. The Balaban J connectivity index is 1.77. The molecule has 0 aromatic carbocycles. The molecule has 2 aromatic rings. The molecule has 2 aliphatic rings. The van der Waals surface area contributed by atoms with E-state index in [2.05, 4.69) is 26.4 Å². The molecule has 106 valence electrons. The first-order valence-corrected chi connectivity index (χ1v) is 7.95. The second-order valence-electron chi connectivity index (χ2n) is 6.14. The van der Waals surface area contributed by atoms with Gasteiger partial charge in [-0.2, -0.15) is 0 Å². The van der Waals surface area contributed by atoms with Crippen LogP contribution in [0.15, 0.2) is 12.3 Å². The number of aryl methyl sites for hydroxylation is 1. The van der Waals surface area contributed by atoms with Gasteiger partial charge in [0.15, 0.2) is 10.4 Å². The molecule has 2 aliphatic heterocycles. The molecule has 2 atom stereocenters. The van der Waals surface area contributed by atoms with E-state index in [1.807, 2.05) is 12.3 Å². The lowest BCUT2D eigenvalue weighted by Gasteiger charge is -2.35. The van der Waals surface area contributed by atoms with Crippen LogP contribution in [0.1, 0.15) is 37.3 Å². The Bertz CT molecular complexity index is 701. The Labute approximate surface area is 123 Å². The normalized spacial score (nSPS) is 27.1. The predicted molar refractivity (Wildman–Crippen MR) is 82.5 cm³/mol. The Morgan fingerprint density at radius 1 is 1.30 bits per heavy atom. The number of aromatic amines is 1. The summed E-state index contributed by atoms with van der Waals surface area (Å²) in [6.45, 7) is 4.60. The highest BCUT2D eigenvalue weighted by molar-refractivity contribution is 7.71. The summed E-state index contributed by atoms with van der Waals surface area (Å²) in [5.41, 5.74) is 3.36. The maximum absolute atomic E-state index is 5.57. The van der Waals surface area contributed by atoms with E-state index in [1.54, 1.807) is 0 Å². The number of rotatable bonds is 1. The lowest BCUT2D eigenvalue weighted by Crippen LogP contribution is -2.38. The lowest BCUT2D eigenvalue weighted by molar-refractivity contribution is 0.156. The third-order valence-corrected chi connectivity index (χ3v) is 5.27. The first-order chi connectivity index (χ1) is 9.74. The molecule has 20 heavy (non-hydrogen) atoms. The number of hydrogen-bond acceptors (Lipinski definition) is 3. The highest BCUT2D eigenvalue weighted by atomic mass is 32.1. The molecule has 4 heterocycles. The molecule has 0 aliphatic carbocycles. The van der Waals surface area contributed by atoms with E-state index in [0.29, 0.717) is 6.04 Å². The summed E-state index contributed by atoms with van der Waals surface area (Å²) in [5, 5.41) is 0. The first kappa shape index (κ1) is 12.5. The first-order valence-electron chi connectivity index (χ1n) is 7.54. The predicted octanol–water partition coefficient (Wildman–Crippen LogP) is 3.20. The van der Waals surface area contributed by atoms with Crippen LogP contribution >= 0.6 is 12.2 Å². The van der Waals surface area contributed by atoms with Crippen molar-refractivity contribution in [3.05, 3.63) is 22.6 Å². The monoisotopic (exact) mass is 288 g/mol. The summed E-state index contributed by atoms with van der Waals surface area (Å²) in [6.07, 6.45) is 7.00. The van der Waals surface area contributed by atoms with E-state index in [0.717, 1.165) is 22.0 Å². The van der Waals surface area contributed by atoms with Gasteiger partial charge in [0.05, 0.1) is 5.52 Å². The van der Waals surface area contributed by atoms with Gasteiger partial charge in [-0.25, -0.2) is 4.98 Å². The van der Waals surface area contributed by atoms with Gasteiger partial charge in [0.25, 0.3) is 0 Å². The quantitative estimate of drug-likeness (QED) is 0.819. The van der Waals surface area contributed by atoms with Crippen LogP contribution in [0.5, 0.6) is 0 Å². The van der Waals surface area contributed by atoms with Gasteiger partial charge in [0.1, 0.15) is 0 Å². The van der Waals surface area contributed by atoms with Gasteiger partial charge in [-0.05, 0) is 63.0 Å². The zero-order chi connectivity index (χ0) is 13.7. The SMILES string of the molecule is Cc1ccnc2c1[nH]c(=S)n2C1CCN2CCCC2C1. The van der Waals surface area contributed by atoms with E-state index in [-0.39, 0.29) is 0 Å². The average molecular weight is 288 g/mol. The van der Waals surface area contributed by atoms with Crippen LogP contribution < -0.4 is 0 Å². The zero-order valence-electron chi connectivity index (χ0n) is 11.8. The van der Waals surface area contributed by atoms with Crippen molar-refractivity contribution in [2.45, 2.75) is 44.7 Å². The van der Waals surface area contributed by atoms with Crippen molar-refractivity contribution in [1.82, 2.24) is 19.4 Å². The molecule has 2 unspecified atom stereocenters. The molecule has 0 amide bonds. The highest BCUT2D eigenvalue weighted by Gasteiger charge is 2.33. The summed E-state index contributed by atoms with van der Waals surface area (Å²) in [4.78, 5) is 10.6. The van der Waals surface area contributed by atoms with Gasteiger partial charge in [-0.1, -0.05) is 0 Å². The molecule has 0 bridgehead atoms. The Morgan fingerprint density at radius 2 is 2.20 bits per heavy atom. The zero-order valence-corrected chi connectivity index (χ0v) is 12.6. The van der Waals surface area contributed by atoms with Gasteiger partial charge >= 0.3 is 0 Å². The van der Waals surface area contributed by atoms with Gasteiger partial charge in [-0.15, -0.1) is 0 Å². The third kappa shape index (κ3) is 1.84.